The standard InChI is InChI=1S/C18H15NO6/c1-10-4-2-7-13(16(10)22)17(23)19-12-6-3-5-11(8-12)14(20)9-15(21)18(24)25/h2-9,20,22H,1H3,(H,19,23)(H,24,25). The second-order valence-electron chi connectivity index (χ2n) is 5.20. The van der Waals surface area contributed by atoms with E-state index in [-0.39, 0.29) is 16.9 Å². The average molecular weight is 341 g/mol. The molecule has 7 heteroatoms. The molecule has 0 heterocycles. The fourth-order valence-electron chi connectivity index (χ4n) is 2.07. The lowest BCUT2D eigenvalue weighted by Gasteiger charge is -2.09. The molecule has 0 bridgehead atoms. The van der Waals surface area contributed by atoms with Crippen molar-refractivity contribution < 1.29 is 29.7 Å². The quantitative estimate of drug-likeness (QED) is 0.376. The van der Waals surface area contributed by atoms with E-state index in [1.807, 2.05) is 0 Å². The van der Waals surface area contributed by atoms with Crippen LogP contribution < -0.4 is 5.32 Å². The Hall–Kier alpha value is -3.61. The summed E-state index contributed by atoms with van der Waals surface area (Å²) in [5.41, 5.74) is 1.09. The summed E-state index contributed by atoms with van der Waals surface area (Å²) < 4.78 is 0. The molecule has 0 spiro atoms. The third kappa shape index (κ3) is 4.23. The van der Waals surface area contributed by atoms with Gasteiger partial charge in [0.2, 0.25) is 0 Å². The highest BCUT2D eigenvalue weighted by Crippen LogP contribution is 2.23. The molecule has 0 aliphatic carbocycles. The summed E-state index contributed by atoms with van der Waals surface area (Å²) >= 11 is 0. The van der Waals surface area contributed by atoms with Crippen LogP contribution in [0.25, 0.3) is 5.76 Å². The Labute approximate surface area is 142 Å². The predicted octanol–water partition coefficient (Wildman–Crippen LogP) is 2.51. The van der Waals surface area contributed by atoms with Gasteiger partial charge in [0.1, 0.15) is 11.5 Å². The van der Waals surface area contributed by atoms with Gasteiger partial charge < -0.3 is 20.6 Å². The smallest absolute Gasteiger partial charge is 0.376 e. The number of rotatable bonds is 5. The maximum atomic E-state index is 12.3. The highest BCUT2D eigenvalue weighted by molar-refractivity contribution is 6.38. The highest BCUT2D eigenvalue weighted by atomic mass is 16.4. The van der Waals surface area contributed by atoms with Crippen LogP contribution >= 0.6 is 0 Å². The van der Waals surface area contributed by atoms with Gasteiger partial charge in [-0.15, -0.1) is 0 Å². The Morgan fingerprint density at radius 3 is 2.40 bits per heavy atom. The van der Waals surface area contributed by atoms with Gasteiger partial charge in [-0.2, -0.15) is 0 Å². The molecule has 25 heavy (non-hydrogen) atoms. The SMILES string of the molecule is Cc1cccc(C(=O)Nc2cccc(C(O)=CC(=O)C(=O)O)c2)c1O. The number of ketones is 1. The number of hydrogen-bond donors (Lipinski definition) is 4. The molecule has 4 N–H and O–H groups in total. The van der Waals surface area contributed by atoms with E-state index in [0.717, 1.165) is 0 Å². The number of para-hydroxylation sites is 1. The lowest BCUT2D eigenvalue weighted by Crippen LogP contribution is -2.12. The highest BCUT2D eigenvalue weighted by Gasteiger charge is 2.14. The number of aliphatic hydroxyl groups excluding tert-OH is 1. The summed E-state index contributed by atoms with van der Waals surface area (Å²) in [6, 6.07) is 10.6. The van der Waals surface area contributed by atoms with Crippen LogP contribution in [-0.4, -0.2) is 33.0 Å². The number of benzene rings is 2. The summed E-state index contributed by atoms with van der Waals surface area (Å²) in [6.07, 6.45) is 0.579. The maximum absolute atomic E-state index is 12.3. The number of aliphatic hydroxyl groups is 1. The van der Waals surface area contributed by atoms with E-state index < -0.39 is 23.4 Å². The lowest BCUT2D eigenvalue weighted by atomic mass is 10.1. The molecule has 128 valence electrons. The molecule has 0 aliphatic rings. The van der Waals surface area contributed by atoms with Gasteiger partial charge >= 0.3 is 5.97 Å². The van der Waals surface area contributed by atoms with Crippen LogP contribution in [0.1, 0.15) is 21.5 Å². The van der Waals surface area contributed by atoms with Crippen molar-refractivity contribution in [3.8, 4) is 5.75 Å². The Morgan fingerprint density at radius 1 is 1.04 bits per heavy atom. The molecule has 0 aromatic heterocycles. The minimum absolute atomic E-state index is 0.0891. The monoisotopic (exact) mass is 341 g/mol. The van der Waals surface area contributed by atoms with Crippen molar-refractivity contribution >= 4 is 29.1 Å². The van der Waals surface area contributed by atoms with Crippen LogP contribution in [0.4, 0.5) is 5.69 Å². The molecule has 2 aromatic carbocycles. The van der Waals surface area contributed by atoms with E-state index in [2.05, 4.69) is 5.32 Å². The minimum Gasteiger partial charge on any atom is -0.507 e. The first-order valence-corrected chi connectivity index (χ1v) is 7.18. The molecule has 0 aliphatic heterocycles. The Balaban J connectivity index is 2.24. The first kappa shape index (κ1) is 17.7. The summed E-state index contributed by atoms with van der Waals surface area (Å²) in [5, 5.41) is 30.9. The molecule has 1 amide bonds. The molecule has 0 fully saturated rings. The van der Waals surface area contributed by atoms with E-state index >= 15 is 0 Å². The van der Waals surface area contributed by atoms with Crippen molar-refractivity contribution in [2.75, 3.05) is 5.32 Å². The minimum atomic E-state index is -1.69. The third-order valence-electron chi connectivity index (χ3n) is 3.38. The number of phenolic OH excluding ortho intramolecular Hbond substituents is 1. The van der Waals surface area contributed by atoms with Crippen LogP contribution in [-0.2, 0) is 9.59 Å². The molecule has 7 nitrogen and oxygen atoms in total. The van der Waals surface area contributed by atoms with Crippen LogP contribution in [0.5, 0.6) is 5.75 Å². The number of phenols is 1. The molecular weight excluding hydrogens is 326 g/mol. The maximum Gasteiger partial charge on any atom is 0.376 e. The van der Waals surface area contributed by atoms with Gasteiger partial charge in [0, 0.05) is 17.3 Å². The normalized spacial score (nSPS) is 11.0. The van der Waals surface area contributed by atoms with Gasteiger partial charge in [-0.05, 0) is 30.7 Å². The van der Waals surface area contributed by atoms with Crippen LogP contribution in [0.15, 0.2) is 48.5 Å². The number of nitrogens with one attached hydrogen (secondary N) is 1. The van der Waals surface area contributed by atoms with Crippen molar-refractivity contribution in [3.63, 3.8) is 0 Å². The summed E-state index contributed by atoms with van der Waals surface area (Å²) in [4.78, 5) is 33.9. The summed E-state index contributed by atoms with van der Waals surface area (Å²) in [7, 11) is 0. The molecule has 0 atom stereocenters. The van der Waals surface area contributed by atoms with Gasteiger partial charge in [0.15, 0.2) is 0 Å². The van der Waals surface area contributed by atoms with Crippen molar-refractivity contribution in [3.05, 3.63) is 65.2 Å². The number of carboxylic acids is 1. The van der Waals surface area contributed by atoms with Crippen molar-refractivity contribution in [1.29, 1.82) is 0 Å². The number of hydrogen-bond acceptors (Lipinski definition) is 5. The lowest BCUT2D eigenvalue weighted by molar-refractivity contribution is -0.146. The topological polar surface area (TPSA) is 124 Å². The average Bonchev–Trinajstić information content (AvgIpc) is 2.57. The molecular formula is C18H15NO6. The van der Waals surface area contributed by atoms with E-state index in [9.17, 15) is 24.6 Å². The zero-order valence-electron chi connectivity index (χ0n) is 13.2. The first-order chi connectivity index (χ1) is 11.8. The van der Waals surface area contributed by atoms with E-state index in [1.54, 1.807) is 25.1 Å². The molecule has 0 saturated heterocycles. The van der Waals surface area contributed by atoms with Crippen molar-refractivity contribution in [1.82, 2.24) is 0 Å². The number of carboxylic acid groups (broad SMARTS) is 1. The Morgan fingerprint density at radius 2 is 1.72 bits per heavy atom. The third-order valence-corrected chi connectivity index (χ3v) is 3.38. The van der Waals surface area contributed by atoms with Gasteiger partial charge in [-0.25, -0.2) is 4.79 Å². The Kier molecular flexibility index (Phi) is 5.18. The molecule has 0 unspecified atom stereocenters. The van der Waals surface area contributed by atoms with Gasteiger partial charge in [0.25, 0.3) is 11.7 Å². The molecule has 0 saturated carbocycles. The zero-order valence-corrected chi connectivity index (χ0v) is 13.2. The molecule has 0 radical (unpaired) electrons. The second kappa shape index (κ2) is 7.31. The van der Waals surface area contributed by atoms with Crippen LogP contribution in [0.3, 0.4) is 0 Å². The number of aromatic hydroxyl groups is 1. The van der Waals surface area contributed by atoms with Crippen LogP contribution in [0.2, 0.25) is 0 Å². The molecule has 2 rings (SSSR count). The number of carbonyl (C=O) groups is 3. The number of aryl methyl sites for hydroxylation is 1. The van der Waals surface area contributed by atoms with Crippen LogP contribution in [0, 0.1) is 6.92 Å². The van der Waals surface area contributed by atoms with Gasteiger partial charge in [0.05, 0.1) is 5.56 Å². The fourth-order valence-corrected chi connectivity index (χ4v) is 2.07. The van der Waals surface area contributed by atoms with E-state index in [1.165, 1.54) is 24.3 Å². The van der Waals surface area contributed by atoms with Crippen molar-refractivity contribution in [2.45, 2.75) is 6.92 Å². The van der Waals surface area contributed by atoms with E-state index in [4.69, 9.17) is 5.11 Å². The number of aliphatic carboxylic acids is 1. The first-order valence-electron chi connectivity index (χ1n) is 7.18. The van der Waals surface area contributed by atoms with Crippen molar-refractivity contribution in [2.24, 2.45) is 0 Å². The zero-order chi connectivity index (χ0) is 18.6. The number of carbonyl (C=O) groups excluding carboxylic acids is 2. The largest absolute Gasteiger partial charge is 0.507 e. The van der Waals surface area contributed by atoms with E-state index in [0.29, 0.717) is 17.3 Å². The summed E-state index contributed by atoms with van der Waals surface area (Å²) in [6.45, 7) is 1.66. The summed E-state index contributed by atoms with van der Waals surface area (Å²) in [5.74, 6) is -4.18. The second-order valence-corrected chi connectivity index (χ2v) is 5.20. The van der Waals surface area contributed by atoms with Gasteiger partial charge in [-0.1, -0.05) is 24.3 Å². The fraction of sp³-hybridized carbons (Fsp3) is 0.0556. The van der Waals surface area contributed by atoms with Gasteiger partial charge in [-0.3, -0.25) is 9.59 Å². The number of anilines is 1. The predicted molar refractivity (Wildman–Crippen MR) is 90.5 cm³/mol. The molecule has 2 aromatic rings. The number of amides is 1. The Bertz CT molecular complexity index is 885.